The molecule has 1 aliphatic carbocycles. The molecule has 0 unspecified atom stereocenters. The third kappa shape index (κ3) is 6.41. The van der Waals surface area contributed by atoms with Crippen LogP contribution >= 0.6 is 0 Å². The van der Waals surface area contributed by atoms with E-state index in [2.05, 4.69) is 12.2 Å². The Morgan fingerprint density at radius 2 is 1.76 bits per heavy atom. The molecule has 1 aliphatic rings. The average Bonchev–Trinajstić information content (AvgIpc) is 2.29. The summed E-state index contributed by atoms with van der Waals surface area (Å²) in [5, 5.41) is 3.40. The first-order chi connectivity index (χ1) is 8.03. The van der Waals surface area contributed by atoms with E-state index in [1.54, 1.807) is 0 Å². The van der Waals surface area contributed by atoms with Gasteiger partial charge in [-0.15, -0.1) is 0 Å². The summed E-state index contributed by atoms with van der Waals surface area (Å²) >= 11 is 0. The standard InChI is InChI=1S/C13H27NO2S/c1-3-4-10-17(15,16)11-9-14-13-7-5-12(2)6-8-13/h12-14H,3-11H2,1-2H3. The van der Waals surface area contributed by atoms with Gasteiger partial charge in [-0.2, -0.15) is 0 Å². The van der Waals surface area contributed by atoms with Crippen LogP contribution in [0.2, 0.25) is 0 Å². The quantitative estimate of drug-likeness (QED) is 0.765. The van der Waals surface area contributed by atoms with Crippen LogP contribution in [0.1, 0.15) is 52.4 Å². The van der Waals surface area contributed by atoms with Crippen molar-refractivity contribution in [1.29, 1.82) is 0 Å². The van der Waals surface area contributed by atoms with E-state index in [-0.39, 0.29) is 0 Å². The van der Waals surface area contributed by atoms with E-state index in [0.717, 1.165) is 18.8 Å². The molecule has 1 saturated carbocycles. The molecule has 102 valence electrons. The first-order valence-corrected chi connectivity index (χ1v) is 8.79. The summed E-state index contributed by atoms with van der Waals surface area (Å²) in [7, 11) is -2.82. The SMILES string of the molecule is CCCCS(=O)(=O)CCNC1CCC(C)CC1. The van der Waals surface area contributed by atoms with Gasteiger partial charge in [-0.3, -0.25) is 0 Å². The molecule has 0 aliphatic heterocycles. The van der Waals surface area contributed by atoms with Crippen molar-refractivity contribution in [3.05, 3.63) is 0 Å². The van der Waals surface area contributed by atoms with Crippen molar-refractivity contribution < 1.29 is 8.42 Å². The van der Waals surface area contributed by atoms with E-state index in [4.69, 9.17) is 0 Å². The highest BCUT2D eigenvalue weighted by Gasteiger charge is 2.18. The summed E-state index contributed by atoms with van der Waals surface area (Å²) in [6.45, 7) is 4.95. The molecule has 0 radical (unpaired) electrons. The Hall–Kier alpha value is -0.0900. The maximum absolute atomic E-state index is 11.6. The van der Waals surface area contributed by atoms with Crippen molar-refractivity contribution >= 4 is 9.84 Å². The van der Waals surface area contributed by atoms with Crippen LogP contribution in [0.25, 0.3) is 0 Å². The normalized spacial score (nSPS) is 26.0. The fourth-order valence-electron chi connectivity index (χ4n) is 2.35. The second-order valence-corrected chi connectivity index (χ2v) is 7.72. The zero-order valence-corrected chi connectivity index (χ0v) is 12.1. The fourth-order valence-corrected chi connectivity index (χ4v) is 3.71. The first kappa shape index (κ1) is 15.0. The van der Waals surface area contributed by atoms with Crippen molar-refractivity contribution in [2.75, 3.05) is 18.1 Å². The summed E-state index contributed by atoms with van der Waals surface area (Å²) in [5.41, 5.74) is 0. The number of hydrogen-bond donors (Lipinski definition) is 1. The van der Waals surface area contributed by atoms with Gasteiger partial charge in [0, 0.05) is 12.6 Å². The van der Waals surface area contributed by atoms with Gasteiger partial charge in [0.1, 0.15) is 0 Å². The molecule has 0 spiro atoms. The molecule has 1 rings (SSSR count). The lowest BCUT2D eigenvalue weighted by molar-refractivity contribution is 0.311. The van der Waals surface area contributed by atoms with E-state index >= 15 is 0 Å². The Morgan fingerprint density at radius 1 is 1.12 bits per heavy atom. The Labute approximate surface area is 106 Å². The molecule has 0 aromatic carbocycles. The topological polar surface area (TPSA) is 46.2 Å². The molecule has 1 fully saturated rings. The molecule has 0 aromatic rings. The lowest BCUT2D eigenvalue weighted by Gasteiger charge is -2.26. The summed E-state index contributed by atoms with van der Waals surface area (Å²) in [6.07, 6.45) is 6.71. The maximum atomic E-state index is 11.6. The molecule has 0 bridgehead atoms. The minimum Gasteiger partial charge on any atom is -0.313 e. The number of unbranched alkanes of at least 4 members (excludes halogenated alkanes) is 1. The van der Waals surface area contributed by atoms with Crippen molar-refractivity contribution in [2.24, 2.45) is 5.92 Å². The average molecular weight is 261 g/mol. The molecule has 0 amide bonds. The molecule has 1 N–H and O–H groups in total. The highest BCUT2D eigenvalue weighted by atomic mass is 32.2. The van der Waals surface area contributed by atoms with Gasteiger partial charge in [-0.05, 0) is 38.0 Å². The zero-order chi connectivity index (χ0) is 12.7. The Kier molecular flexibility index (Phi) is 6.49. The minimum absolute atomic E-state index is 0.305. The van der Waals surface area contributed by atoms with Crippen molar-refractivity contribution in [2.45, 2.75) is 58.4 Å². The predicted molar refractivity (Wildman–Crippen MR) is 73.0 cm³/mol. The highest BCUT2D eigenvalue weighted by Crippen LogP contribution is 2.23. The molecule has 0 saturated heterocycles. The van der Waals surface area contributed by atoms with E-state index in [9.17, 15) is 8.42 Å². The third-order valence-electron chi connectivity index (χ3n) is 3.67. The predicted octanol–water partition coefficient (Wildman–Crippen LogP) is 2.37. The van der Waals surface area contributed by atoms with Crippen LogP contribution in [0.3, 0.4) is 0 Å². The van der Waals surface area contributed by atoms with Gasteiger partial charge < -0.3 is 5.32 Å². The van der Waals surface area contributed by atoms with Crippen molar-refractivity contribution in [3.8, 4) is 0 Å². The van der Waals surface area contributed by atoms with Crippen LogP contribution in [0, 0.1) is 5.92 Å². The number of sulfone groups is 1. The smallest absolute Gasteiger partial charge is 0.151 e. The summed E-state index contributed by atoms with van der Waals surface area (Å²) in [6, 6.07) is 0.549. The molecule has 0 atom stereocenters. The van der Waals surface area contributed by atoms with Crippen LogP contribution in [0.15, 0.2) is 0 Å². The van der Waals surface area contributed by atoms with Crippen LogP contribution in [-0.4, -0.2) is 32.5 Å². The molecule has 0 heterocycles. The molecule has 17 heavy (non-hydrogen) atoms. The second-order valence-electron chi connectivity index (χ2n) is 5.42. The molecule has 3 nitrogen and oxygen atoms in total. The number of rotatable bonds is 7. The first-order valence-electron chi connectivity index (χ1n) is 6.97. The monoisotopic (exact) mass is 261 g/mol. The number of hydrogen-bond acceptors (Lipinski definition) is 3. The van der Waals surface area contributed by atoms with Crippen molar-refractivity contribution in [3.63, 3.8) is 0 Å². The second kappa shape index (κ2) is 7.37. The van der Waals surface area contributed by atoms with Crippen LogP contribution in [-0.2, 0) is 9.84 Å². The van der Waals surface area contributed by atoms with Gasteiger partial charge in [0.05, 0.1) is 11.5 Å². The Bertz CT molecular complexity index is 293. The van der Waals surface area contributed by atoms with Crippen LogP contribution in [0.4, 0.5) is 0 Å². The van der Waals surface area contributed by atoms with E-state index in [0.29, 0.717) is 24.1 Å². The summed E-state index contributed by atoms with van der Waals surface area (Å²) in [5.74, 6) is 1.51. The van der Waals surface area contributed by atoms with Crippen LogP contribution < -0.4 is 5.32 Å². The molecular formula is C13H27NO2S. The van der Waals surface area contributed by atoms with E-state index < -0.39 is 9.84 Å². The highest BCUT2D eigenvalue weighted by molar-refractivity contribution is 7.91. The van der Waals surface area contributed by atoms with Crippen LogP contribution in [0.5, 0.6) is 0 Å². The van der Waals surface area contributed by atoms with Gasteiger partial charge in [0.25, 0.3) is 0 Å². The zero-order valence-electron chi connectivity index (χ0n) is 11.2. The van der Waals surface area contributed by atoms with Gasteiger partial charge in [0.15, 0.2) is 9.84 Å². The maximum Gasteiger partial charge on any atom is 0.151 e. The molecule has 4 heteroatoms. The Morgan fingerprint density at radius 3 is 2.35 bits per heavy atom. The minimum atomic E-state index is -2.82. The third-order valence-corrected chi connectivity index (χ3v) is 5.41. The summed E-state index contributed by atoms with van der Waals surface area (Å²) < 4.78 is 23.3. The molecular weight excluding hydrogens is 234 g/mol. The number of nitrogens with one attached hydrogen (secondary N) is 1. The van der Waals surface area contributed by atoms with Gasteiger partial charge in [0.2, 0.25) is 0 Å². The van der Waals surface area contributed by atoms with Crippen molar-refractivity contribution in [1.82, 2.24) is 5.32 Å². The fraction of sp³-hybridized carbons (Fsp3) is 1.00. The lowest BCUT2D eigenvalue weighted by atomic mass is 9.87. The largest absolute Gasteiger partial charge is 0.313 e. The van der Waals surface area contributed by atoms with Gasteiger partial charge >= 0.3 is 0 Å². The Balaban J connectivity index is 2.14. The van der Waals surface area contributed by atoms with E-state index in [1.807, 2.05) is 6.92 Å². The van der Waals surface area contributed by atoms with E-state index in [1.165, 1.54) is 25.7 Å². The van der Waals surface area contributed by atoms with Gasteiger partial charge in [-0.25, -0.2) is 8.42 Å². The lowest BCUT2D eigenvalue weighted by Crippen LogP contribution is -2.36. The summed E-state index contributed by atoms with van der Waals surface area (Å²) in [4.78, 5) is 0. The molecule has 0 aromatic heterocycles. The van der Waals surface area contributed by atoms with Gasteiger partial charge in [-0.1, -0.05) is 20.3 Å².